The minimum atomic E-state index is -7.78. The second-order valence-corrected chi connectivity index (χ2v) is 5.97. The predicted molar refractivity (Wildman–Crippen MR) is 47.5 cm³/mol. The van der Waals surface area contributed by atoms with Crippen molar-refractivity contribution in [3.05, 3.63) is 0 Å². The minimum Gasteiger partial charge on any atom is -0.745 e. The first kappa shape index (κ1) is 19.3. The Bertz CT molecular complexity index is 555. The van der Waals surface area contributed by atoms with E-state index < -0.39 is 50.9 Å². The molecule has 0 aromatic carbocycles. The van der Waals surface area contributed by atoms with E-state index in [-0.39, 0.29) is 6.92 Å². The van der Waals surface area contributed by atoms with Crippen LogP contribution in [0.3, 0.4) is 0 Å². The van der Waals surface area contributed by atoms with Gasteiger partial charge in [-0.2, -0.15) is 35.1 Å². The van der Waals surface area contributed by atoms with Gasteiger partial charge in [-0.05, 0) is 6.42 Å². The van der Waals surface area contributed by atoms with E-state index >= 15 is 0 Å². The molecule has 22 heavy (non-hydrogen) atoms. The highest BCUT2D eigenvalue weighted by molar-refractivity contribution is 7.87. The standard InChI is InChI=1S/C8H6F10O3S/c1-2-3(9)4(10,11)6(14,15)8(18,22(19,20)21)7(16,17)5(3,12)13/h2H2,1H3,(H,19,20,21)/p-1. The first-order chi connectivity index (χ1) is 9.31. The quantitative estimate of drug-likeness (QED) is 0.554. The lowest BCUT2D eigenvalue weighted by molar-refractivity contribution is -0.444. The van der Waals surface area contributed by atoms with Crippen molar-refractivity contribution < 1.29 is 56.9 Å². The van der Waals surface area contributed by atoms with E-state index in [9.17, 15) is 56.9 Å². The van der Waals surface area contributed by atoms with Crippen LogP contribution in [0.25, 0.3) is 0 Å². The van der Waals surface area contributed by atoms with Crippen LogP contribution in [0.15, 0.2) is 0 Å². The third-order valence-electron chi connectivity index (χ3n) is 3.42. The fourth-order valence-corrected chi connectivity index (χ4v) is 2.94. The largest absolute Gasteiger partial charge is 0.745 e. The van der Waals surface area contributed by atoms with Crippen LogP contribution in [-0.2, 0) is 10.1 Å². The van der Waals surface area contributed by atoms with Gasteiger partial charge >= 0.3 is 28.7 Å². The molecule has 1 aliphatic carbocycles. The molecular formula is C8H5F10O3S-. The van der Waals surface area contributed by atoms with E-state index in [2.05, 4.69) is 0 Å². The van der Waals surface area contributed by atoms with E-state index in [1.807, 2.05) is 0 Å². The summed E-state index contributed by atoms with van der Waals surface area (Å²) < 4.78 is 165. The van der Waals surface area contributed by atoms with Crippen LogP contribution in [-0.4, -0.2) is 47.3 Å². The van der Waals surface area contributed by atoms with Crippen LogP contribution in [0.1, 0.15) is 13.3 Å². The zero-order valence-corrected chi connectivity index (χ0v) is 10.9. The smallest absolute Gasteiger partial charge is 0.366 e. The normalized spacial score (nSPS) is 39.5. The number of hydrogen-bond donors (Lipinski definition) is 0. The fourth-order valence-electron chi connectivity index (χ4n) is 2.05. The first-order valence-electron chi connectivity index (χ1n) is 5.15. The van der Waals surface area contributed by atoms with Gasteiger partial charge in [0.1, 0.15) is 10.1 Å². The topological polar surface area (TPSA) is 57.2 Å². The molecule has 0 atom stereocenters. The molecule has 0 spiro atoms. The summed E-state index contributed by atoms with van der Waals surface area (Å²) in [6.45, 7) is 0.0465. The van der Waals surface area contributed by atoms with E-state index in [4.69, 9.17) is 0 Å². The SMILES string of the molecule is CCC1(F)C(F)(F)C(F)(F)C(F)(S(=O)(=O)[O-])C(F)(F)C1(F)F. The maximum absolute atomic E-state index is 13.7. The summed E-state index contributed by atoms with van der Waals surface area (Å²) in [7, 11) is -7.78. The molecule has 1 saturated carbocycles. The molecule has 1 rings (SSSR count). The van der Waals surface area contributed by atoms with Gasteiger partial charge in [0.2, 0.25) is 5.67 Å². The van der Waals surface area contributed by atoms with E-state index in [0.717, 1.165) is 0 Å². The van der Waals surface area contributed by atoms with Crippen molar-refractivity contribution in [1.29, 1.82) is 0 Å². The molecule has 0 aliphatic heterocycles. The second-order valence-electron chi connectivity index (χ2n) is 4.50. The zero-order chi connectivity index (χ0) is 18.2. The summed E-state index contributed by atoms with van der Waals surface area (Å²) >= 11 is 0. The van der Waals surface area contributed by atoms with E-state index in [1.54, 1.807) is 0 Å². The average molecular weight is 371 g/mol. The van der Waals surface area contributed by atoms with Crippen molar-refractivity contribution in [2.45, 2.75) is 47.7 Å². The summed E-state index contributed by atoms with van der Waals surface area (Å²) in [5.74, 6) is -28.4. The molecule has 0 radical (unpaired) electrons. The molecule has 0 saturated heterocycles. The maximum atomic E-state index is 13.7. The van der Waals surface area contributed by atoms with Crippen molar-refractivity contribution in [1.82, 2.24) is 0 Å². The highest BCUT2D eigenvalue weighted by atomic mass is 32.2. The fraction of sp³-hybridized carbons (Fsp3) is 1.00. The molecule has 0 N–H and O–H groups in total. The molecular weight excluding hydrogens is 366 g/mol. The highest BCUT2D eigenvalue weighted by Gasteiger charge is 3.01. The number of alkyl halides is 10. The molecule has 0 unspecified atom stereocenters. The minimum absolute atomic E-state index is 0.0465. The molecule has 0 aromatic rings. The summed E-state index contributed by atoms with van der Waals surface area (Å²) in [6, 6.07) is 0. The number of hydrogen-bond acceptors (Lipinski definition) is 3. The lowest BCUT2D eigenvalue weighted by Gasteiger charge is -2.55. The Morgan fingerprint density at radius 2 is 1.00 bits per heavy atom. The van der Waals surface area contributed by atoms with Crippen LogP contribution in [0, 0.1) is 0 Å². The second kappa shape index (κ2) is 4.19. The maximum Gasteiger partial charge on any atom is 0.366 e. The monoisotopic (exact) mass is 371 g/mol. The molecule has 1 aliphatic rings. The molecule has 0 amide bonds. The van der Waals surface area contributed by atoms with Gasteiger partial charge in [-0.25, -0.2) is 17.2 Å². The van der Waals surface area contributed by atoms with Gasteiger partial charge in [0.05, 0.1) is 0 Å². The molecule has 3 nitrogen and oxygen atoms in total. The molecule has 14 heteroatoms. The Hall–Kier alpha value is -0.790. The van der Waals surface area contributed by atoms with Gasteiger partial charge in [-0.15, -0.1) is 0 Å². The van der Waals surface area contributed by atoms with Crippen molar-refractivity contribution in [3.8, 4) is 0 Å². The van der Waals surface area contributed by atoms with Crippen LogP contribution >= 0.6 is 0 Å². The first-order valence-corrected chi connectivity index (χ1v) is 6.56. The molecule has 1 fully saturated rings. The molecule has 0 aromatic heterocycles. The molecule has 0 bridgehead atoms. The van der Waals surface area contributed by atoms with Gasteiger partial charge in [-0.1, -0.05) is 6.92 Å². The summed E-state index contributed by atoms with van der Waals surface area (Å²) in [6.07, 6.45) is -2.35. The van der Waals surface area contributed by atoms with Gasteiger partial charge in [0.15, 0.2) is 0 Å². The van der Waals surface area contributed by atoms with Crippen LogP contribution in [0.5, 0.6) is 0 Å². The molecule has 0 heterocycles. The third-order valence-corrected chi connectivity index (χ3v) is 4.63. The molecule has 132 valence electrons. The van der Waals surface area contributed by atoms with Crippen molar-refractivity contribution in [2.24, 2.45) is 0 Å². The van der Waals surface area contributed by atoms with Crippen LogP contribution < -0.4 is 0 Å². The van der Waals surface area contributed by atoms with Crippen molar-refractivity contribution in [3.63, 3.8) is 0 Å². The van der Waals surface area contributed by atoms with Gasteiger partial charge in [0.25, 0.3) is 0 Å². The Morgan fingerprint density at radius 1 is 0.727 bits per heavy atom. The van der Waals surface area contributed by atoms with Crippen molar-refractivity contribution >= 4 is 10.1 Å². The Labute approximate surface area is 116 Å². The Kier molecular flexibility index (Phi) is 3.66. The lowest BCUT2D eigenvalue weighted by atomic mass is 9.72. The van der Waals surface area contributed by atoms with E-state index in [0.29, 0.717) is 0 Å². The Morgan fingerprint density at radius 3 is 1.18 bits per heavy atom. The third kappa shape index (κ3) is 1.50. The summed E-state index contributed by atoms with van der Waals surface area (Å²) in [5, 5.41) is -7.26. The van der Waals surface area contributed by atoms with Gasteiger partial charge in [0, 0.05) is 0 Å². The number of halogens is 10. The predicted octanol–water partition coefficient (Wildman–Crippen LogP) is 2.87. The summed E-state index contributed by atoms with van der Waals surface area (Å²) in [5.41, 5.74) is -6.01. The van der Waals surface area contributed by atoms with Gasteiger partial charge in [-0.3, -0.25) is 0 Å². The highest BCUT2D eigenvalue weighted by Crippen LogP contribution is 2.70. The van der Waals surface area contributed by atoms with Crippen molar-refractivity contribution in [2.75, 3.05) is 0 Å². The summed E-state index contributed by atoms with van der Waals surface area (Å²) in [4.78, 5) is 0. The van der Waals surface area contributed by atoms with Gasteiger partial charge < -0.3 is 4.55 Å². The van der Waals surface area contributed by atoms with E-state index in [1.165, 1.54) is 0 Å². The van der Waals surface area contributed by atoms with Crippen LogP contribution in [0.2, 0.25) is 0 Å². The number of rotatable bonds is 2. The zero-order valence-electron chi connectivity index (χ0n) is 10.1. The van der Waals surface area contributed by atoms with Crippen LogP contribution in [0.4, 0.5) is 43.9 Å². The average Bonchev–Trinajstić information content (AvgIpc) is 2.32. The lowest BCUT2D eigenvalue weighted by Crippen LogP contribution is -2.86. The Balaban J connectivity index is 4.05.